The van der Waals surface area contributed by atoms with E-state index < -0.39 is 6.17 Å². The first-order chi connectivity index (χ1) is 15.6. The fraction of sp³-hybridized carbons (Fsp3) is 0.227. The lowest BCUT2D eigenvalue weighted by Gasteiger charge is -2.40. The third-order valence-corrected chi connectivity index (χ3v) is 5.53. The number of para-hydroxylation sites is 1. The fourth-order valence-electron chi connectivity index (χ4n) is 4.16. The second kappa shape index (κ2) is 7.89. The summed E-state index contributed by atoms with van der Waals surface area (Å²) in [7, 11) is 1.53. The Kier molecular flexibility index (Phi) is 4.91. The van der Waals surface area contributed by atoms with Crippen LogP contribution in [0.1, 0.15) is 44.7 Å². The molecule has 1 atom stereocenters. The minimum atomic E-state index is -0.592. The summed E-state index contributed by atoms with van der Waals surface area (Å²) in [4.78, 5) is 46.3. The Labute approximate surface area is 183 Å². The van der Waals surface area contributed by atoms with Gasteiger partial charge in [-0.1, -0.05) is 30.3 Å². The molecule has 10 nitrogen and oxygen atoms in total. The normalized spacial score (nSPS) is 16.6. The second-order valence-corrected chi connectivity index (χ2v) is 7.49. The molecule has 2 aliphatic heterocycles. The van der Waals surface area contributed by atoms with E-state index in [1.807, 2.05) is 12.1 Å². The molecule has 0 bridgehead atoms. The monoisotopic (exact) mass is 432 g/mol. The highest BCUT2D eigenvalue weighted by Crippen LogP contribution is 2.45. The average molecular weight is 432 g/mol. The molecule has 0 aliphatic carbocycles. The number of ether oxygens (including phenoxy) is 1. The Bertz CT molecular complexity index is 1220. The molecule has 0 saturated carbocycles. The number of fused-ring (bicyclic) bond motifs is 5. The molecule has 1 aromatic heterocycles. The van der Waals surface area contributed by atoms with Crippen LogP contribution in [0.3, 0.4) is 0 Å². The van der Waals surface area contributed by atoms with Crippen LogP contribution in [0, 0.1) is 0 Å². The van der Waals surface area contributed by atoms with E-state index in [-0.39, 0.29) is 43.2 Å². The van der Waals surface area contributed by atoms with E-state index in [4.69, 9.17) is 4.74 Å². The Morgan fingerprint density at radius 3 is 2.66 bits per heavy atom. The van der Waals surface area contributed by atoms with Crippen molar-refractivity contribution < 1.29 is 19.1 Å². The summed E-state index contributed by atoms with van der Waals surface area (Å²) in [6.07, 6.45) is -0.575. The first-order valence-electron chi connectivity index (χ1n) is 10.1. The average Bonchev–Trinajstić information content (AvgIpc) is 3.36. The Morgan fingerprint density at radius 2 is 1.84 bits per heavy atom. The quantitative estimate of drug-likeness (QED) is 0.615. The molecular weight excluding hydrogens is 412 g/mol. The van der Waals surface area contributed by atoms with Gasteiger partial charge in [0.25, 0.3) is 11.8 Å². The van der Waals surface area contributed by atoms with Gasteiger partial charge >= 0.3 is 0 Å². The summed E-state index contributed by atoms with van der Waals surface area (Å²) in [5, 5.41) is 9.21. The number of aromatic amines is 1. The van der Waals surface area contributed by atoms with Crippen molar-refractivity contribution in [1.82, 2.24) is 20.1 Å². The van der Waals surface area contributed by atoms with Gasteiger partial charge in [0.1, 0.15) is 12.8 Å². The van der Waals surface area contributed by atoms with Crippen molar-refractivity contribution in [3.63, 3.8) is 0 Å². The number of methoxy groups -OCH3 is 1. The van der Waals surface area contributed by atoms with Gasteiger partial charge < -0.3 is 9.64 Å². The van der Waals surface area contributed by atoms with Gasteiger partial charge in [-0.2, -0.15) is 4.98 Å². The van der Waals surface area contributed by atoms with Crippen LogP contribution in [0.15, 0.2) is 48.5 Å². The first kappa shape index (κ1) is 19.9. The van der Waals surface area contributed by atoms with E-state index in [2.05, 4.69) is 20.5 Å². The molecule has 10 heteroatoms. The minimum absolute atomic E-state index is 0.0166. The lowest BCUT2D eigenvalue weighted by atomic mass is 10.0. The predicted octanol–water partition coefficient (Wildman–Crippen LogP) is 2.09. The van der Waals surface area contributed by atoms with Gasteiger partial charge in [0.2, 0.25) is 11.9 Å². The molecular formula is C22H20N6O4. The number of benzene rings is 2. The molecule has 162 valence electrons. The number of carbonyl (C=O) groups excluding carboxylic acids is 3. The SMILES string of the molecule is COCc1nc(NC(=O)CCN2C(=O)c3ccccc3N3C(=O)c4ccccc4[C@@H]23)n[nH]1. The van der Waals surface area contributed by atoms with Crippen molar-refractivity contribution in [2.75, 3.05) is 23.9 Å². The minimum Gasteiger partial charge on any atom is -0.377 e. The first-order valence-corrected chi connectivity index (χ1v) is 10.1. The Morgan fingerprint density at radius 1 is 1.09 bits per heavy atom. The van der Waals surface area contributed by atoms with Crippen molar-refractivity contribution >= 4 is 29.4 Å². The molecule has 2 aromatic carbocycles. The highest BCUT2D eigenvalue weighted by molar-refractivity contribution is 6.16. The van der Waals surface area contributed by atoms with Crippen molar-refractivity contribution in [2.45, 2.75) is 19.2 Å². The number of rotatable bonds is 6. The zero-order chi connectivity index (χ0) is 22.2. The summed E-state index contributed by atoms with van der Waals surface area (Å²) in [5.74, 6) is -0.0997. The number of nitrogens with zero attached hydrogens (tertiary/aromatic N) is 4. The van der Waals surface area contributed by atoms with Gasteiger partial charge in [-0.05, 0) is 18.2 Å². The molecule has 3 heterocycles. The van der Waals surface area contributed by atoms with Crippen LogP contribution in [0.25, 0.3) is 0 Å². The van der Waals surface area contributed by atoms with Crippen molar-refractivity contribution in [3.05, 3.63) is 71.0 Å². The molecule has 0 unspecified atom stereocenters. The number of nitrogens with one attached hydrogen (secondary N) is 2. The summed E-state index contributed by atoms with van der Waals surface area (Å²) in [6, 6.07) is 14.3. The molecule has 3 aromatic rings. The topological polar surface area (TPSA) is 121 Å². The van der Waals surface area contributed by atoms with E-state index in [1.54, 1.807) is 46.2 Å². The molecule has 0 saturated heterocycles. The van der Waals surface area contributed by atoms with Crippen LogP contribution in [-0.2, 0) is 16.1 Å². The number of hydrogen-bond donors (Lipinski definition) is 2. The fourth-order valence-corrected chi connectivity index (χ4v) is 4.16. The second-order valence-electron chi connectivity index (χ2n) is 7.49. The number of H-pyrrole nitrogens is 1. The summed E-state index contributed by atoms with van der Waals surface area (Å²) in [5.41, 5.74) is 2.32. The lowest BCUT2D eigenvalue weighted by Crippen LogP contribution is -2.49. The lowest BCUT2D eigenvalue weighted by molar-refractivity contribution is -0.116. The smallest absolute Gasteiger partial charge is 0.260 e. The number of aromatic nitrogens is 3. The van der Waals surface area contributed by atoms with E-state index in [0.29, 0.717) is 22.6 Å². The predicted molar refractivity (Wildman–Crippen MR) is 114 cm³/mol. The maximum Gasteiger partial charge on any atom is 0.260 e. The zero-order valence-electron chi connectivity index (χ0n) is 17.2. The van der Waals surface area contributed by atoms with Gasteiger partial charge in [0, 0.05) is 31.2 Å². The molecule has 2 aliphatic rings. The highest BCUT2D eigenvalue weighted by Gasteiger charge is 2.47. The van der Waals surface area contributed by atoms with Gasteiger partial charge in [0.15, 0.2) is 5.82 Å². The van der Waals surface area contributed by atoms with E-state index in [0.717, 1.165) is 5.56 Å². The molecule has 5 rings (SSSR count). The third-order valence-electron chi connectivity index (χ3n) is 5.53. The number of amides is 3. The van der Waals surface area contributed by atoms with Crippen molar-refractivity contribution in [1.29, 1.82) is 0 Å². The summed E-state index contributed by atoms with van der Waals surface area (Å²) < 4.78 is 4.97. The number of anilines is 2. The van der Waals surface area contributed by atoms with Gasteiger partial charge in [-0.15, -0.1) is 5.10 Å². The van der Waals surface area contributed by atoms with Crippen LogP contribution >= 0.6 is 0 Å². The van der Waals surface area contributed by atoms with Crippen LogP contribution in [0.4, 0.5) is 11.6 Å². The highest BCUT2D eigenvalue weighted by atomic mass is 16.5. The van der Waals surface area contributed by atoms with E-state index in [1.165, 1.54) is 7.11 Å². The maximum absolute atomic E-state index is 13.3. The van der Waals surface area contributed by atoms with Crippen LogP contribution in [0.5, 0.6) is 0 Å². The number of carbonyl (C=O) groups is 3. The molecule has 32 heavy (non-hydrogen) atoms. The molecule has 0 fully saturated rings. The van der Waals surface area contributed by atoms with Crippen LogP contribution in [-0.4, -0.2) is 51.5 Å². The van der Waals surface area contributed by atoms with Crippen LogP contribution in [0.2, 0.25) is 0 Å². The Hall–Kier alpha value is -4.05. The largest absolute Gasteiger partial charge is 0.377 e. The summed E-state index contributed by atoms with van der Waals surface area (Å²) in [6.45, 7) is 0.368. The standard InChI is InChI=1S/C22H20N6O4/c1-32-12-17-23-22(26-25-17)24-18(29)10-11-27-19-13-6-2-3-7-14(13)21(31)28(19)16-9-5-4-8-15(16)20(27)30/h2-9,19H,10-12H2,1H3,(H2,23,24,25,26,29)/t19-/m0/s1. The molecule has 2 N–H and O–H groups in total. The third kappa shape index (κ3) is 3.21. The maximum atomic E-state index is 13.3. The van der Waals surface area contributed by atoms with Crippen molar-refractivity contribution in [2.24, 2.45) is 0 Å². The van der Waals surface area contributed by atoms with Crippen LogP contribution < -0.4 is 10.2 Å². The summed E-state index contributed by atoms with van der Waals surface area (Å²) >= 11 is 0. The number of hydrogen-bond acceptors (Lipinski definition) is 6. The van der Waals surface area contributed by atoms with E-state index in [9.17, 15) is 14.4 Å². The zero-order valence-corrected chi connectivity index (χ0v) is 17.2. The molecule has 0 radical (unpaired) electrons. The Balaban J connectivity index is 1.40. The van der Waals surface area contributed by atoms with Crippen molar-refractivity contribution in [3.8, 4) is 0 Å². The molecule has 0 spiro atoms. The van der Waals surface area contributed by atoms with Gasteiger partial charge in [0.05, 0.1) is 11.3 Å². The van der Waals surface area contributed by atoms with Gasteiger partial charge in [-0.3, -0.25) is 29.7 Å². The van der Waals surface area contributed by atoms with Gasteiger partial charge in [-0.25, -0.2) is 0 Å². The molecule has 3 amide bonds. The van der Waals surface area contributed by atoms with E-state index >= 15 is 0 Å².